The number of carbonyl (C=O) groups is 4. The Kier molecular flexibility index (Phi) is 8.10. The van der Waals surface area contributed by atoms with Crippen LogP contribution in [0.15, 0.2) is 36.4 Å². The molecular weight excluding hydrogens is 562 g/mol. The number of hydrogen-bond donors (Lipinski definition) is 2. The number of methoxy groups -OCH3 is 3. The second kappa shape index (κ2) is 11.6. The highest BCUT2D eigenvalue weighted by molar-refractivity contribution is 6.24. The third-order valence-corrected chi connectivity index (χ3v) is 8.96. The van der Waals surface area contributed by atoms with E-state index in [-0.39, 0.29) is 46.3 Å². The fourth-order valence-corrected chi connectivity index (χ4v) is 7.04. The van der Waals surface area contributed by atoms with Gasteiger partial charge in [-0.25, -0.2) is 9.69 Å². The van der Waals surface area contributed by atoms with E-state index in [4.69, 9.17) is 14.2 Å². The number of amides is 2. The van der Waals surface area contributed by atoms with Gasteiger partial charge in [0.15, 0.2) is 0 Å². The van der Waals surface area contributed by atoms with Gasteiger partial charge >= 0.3 is 11.9 Å². The van der Waals surface area contributed by atoms with Gasteiger partial charge in [0.1, 0.15) is 22.6 Å². The number of aliphatic carboxylic acids is 1. The molecule has 2 amide bonds. The van der Waals surface area contributed by atoms with Gasteiger partial charge in [-0.05, 0) is 30.0 Å². The standard InChI is InChI=1S/C30H33N3O10/c1-41-19-13-20(22(28(36)43-3)21(14-19)42-2)25-23-24(30(31-25,29(37)38)15-16-8-5-4-6-9-16)27(35)32(26(23)34)17-10-7-11-18(12-17)33(39)40/h7,10-14,16,23-25,31H,4-6,8-9,15H2,1-3H3,(H,37,38). The Morgan fingerprint density at radius 2 is 1.79 bits per heavy atom. The Balaban J connectivity index is 1.72. The summed E-state index contributed by atoms with van der Waals surface area (Å²) in [6, 6.07) is 6.90. The lowest BCUT2D eigenvalue weighted by Crippen LogP contribution is -2.57. The van der Waals surface area contributed by atoms with Crippen molar-refractivity contribution >= 4 is 35.1 Å². The minimum absolute atomic E-state index is 0.0218. The number of benzene rings is 2. The van der Waals surface area contributed by atoms with Crippen LogP contribution < -0.4 is 19.7 Å². The predicted molar refractivity (Wildman–Crippen MR) is 151 cm³/mol. The summed E-state index contributed by atoms with van der Waals surface area (Å²) in [7, 11) is 3.93. The van der Waals surface area contributed by atoms with E-state index in [1.54, 1.807) is 0 Å². The zero-order valence-corrected chi connectivity index (χ0v) is 24.0. The minimum atomic E-state index is -1.87. The molecule has 5 rings (SSSR count). The molecule has 2 heterocycles. The van der Waals surface area contributed by atoms with Crippen molar-refractivity contribution in [3.05, 3.63) is 57.6 Å². The van der Waals surface area contributed by atoms with Crippen LogP contribution in [0, 0.1) is 27.9 Å². The molecule has 0 aromatic heterocycles. The molecule has 2 aromatic rings. The van der Waals surface area contributed by atoms with E-state index >= 15 is 0 Å². The number of nitro groups is 1. The molecule has 13 nitrogen and oxygen atoms in total. The smallest absolute Gasteiger partial charge is 0.341 e. The van der Waals surface area contributed by atoms with Crippen LogP contribution in [0.2, 0.25) is 0 Å². The topological polar surface area (TPSA) is 175 Å². The summed E-state index contributed by atoms with van der Waals surface area (Å²) in [6.07, 6.45) is 4.50. The predicted octanol–water partition coefficient (Wildman–Crippen LogP) is 3.64. The lowest BCUT2D eigenvalue weighted by Gasteiger charge is -2.35. The first-order chi connectivity index (χ1) is 20.6. The van der Waals surface area contributed by atoms with Gasteiger partial charge in [0, 0.05) is 24.2 Å². The Morgan fingerprint density at radius 3 is 2.40 bits per heavy atom. The monoisotopic (exact) mass is 595 g/mol. The molecule has 1 aliphatic carbocycles. The first kappa shape index (κ1) is 30.0. The number of hydrogen-bond acceptors (Lipinski definition) is 10. The van der Waals surface area contributed by atoms with Crippen molar-refractivity contribution < 1.29 is 43.4 Å². The molecular formula is C30H33N3O10. The molecule has 0 bridgehead atoms. The molecule has 228 valence electrons. The third-order valence-electron chi connectivity index (χ3n) is 8.96. The number of fused-ring (bicyclic) bond motifs is 1. The third kappa shape index (κ3) is 4.97. The van der Waals surface area contributed by atoms with E-state index in [0.29, 0.717) is 0 Å². The Hall–Kier alpha value is -4.52. The number of rotatable bonds is 9. The van der Waals surface area contributed by atoms with Gasteiger partial charge in [-0.3, -0.25) is 29.8 Å². The summed E-state index contributed by atoms with van der Waals surface area (Å²) < 4.78 is 15.9. The number of nitro benzene ring substituents is 1. The van der Waals surface area contributed by atoms with Crippen molar-refractivity contribution in [1.82, 2.24) is 5.32 Å². The van der Waals surface area contributed by atoms with Crippen molar-refractivity contribution in [1.29, 1.82) is 0 Å². The van der Waals surface area contributed by atoms with E-state index in [1.165, 1.54) is 51.7 Å². The van der Waals surface area contributed by atoms with Crippen molar-refractivity contribution in [2.24, 2.45) is 17.8 Å². The number of ether oxygens (including phenoxy) is 3. The van der Waals surface area contributed by atoms with Gasteiger partial charge in [-0.1, -0.05) is 38.2 Å². The van der Waals surface area contributed by atoms with Crippen LogP contribution in [0.5, 0.6) is 11.5 Å². The number of non-ortho nitro benzene ring substituents is 1. The molecule has 2 aromatic carbocycles. The number of carboxylic acid groups (broad SMARTS) is 1. The van der Waals surface area contributed by atoms with Gasteiger partial charge < -0.3 is 19.3 Å². The maximum Gasteiger partial charge on any atom is 0.341 e. The normalized spacial score (nSPS) is 25.4. The number of carbonyl (C=O) groups excluding carboxylic acids is 3. The molecule has 0 radical (unpaired) electrons. The number of nitrogens with zero attached hydrogens (tertiary/aromatic N) is 2. The van der Waals surface area contributed by atoms with Crippen LogP contribution in [-0.2, 0) is 19.1 Å². The number of imide groups is 1. The molecule has 4 unspecified atom stereocenters. The lowest BCUT2D eigenvalue weighted by atomic mass is 9.72. The molecule has 3 fully saturated rings. The van der Waals surface area contributed by atoms with E-state index < -0.39 is 52.1 Å². The summed E-state index contributed by atoms with van der Waals surface area (Å²) in [5.41, 5.74) is -2.11. The molecule has 4 atom stereocenters. The fourth-order valence-electron chi connectivity index (χ4n) is 7.04. The van der Waals surface area contributed by atoms with Crippen molar-refractivity contribution in [3.8, 4) is 11.5 Å². The minimum Gasteiger partial charge on any atom is -0.497 e. The first-order valence-electron chi connectivity index (χ1n) is 14.1. The summed E-state index contributed by atoms with van der Waals surface area (Å²) in [4.78, 5) is 66.6. The molecule has 0 spiro atoms. The highest BCUT2D eigenvalue weighted by atomic mass is 16.6. The first-order valence-corrected chi connectivity index (χ1v) is 14.1. The molecule has 2 aliphatic heterocycles. The second-order valence-electron chi connectivity index (χ2n) is 11.2. The molecule has 3 aliphatic rings. The summed E-state index contributed by atoms with van der Waals surface area (Å²) >= 11 is 0. The highest BCUT2D eigenvalue weighted by Crippen LogP contribution is 2.54. The van der Waals surface area contributed by atoms with Gasteiger partial charge in [0.25, 0.3) is 5.69 Å². The van der Waals surface area contributed by atoms with Crippen LogP contribution >= 0.6 is 0 Å². The van der Waals surface area contributed by atoms with Crippen molar-refractivity contribution in [2.75, 3.05) is 26.2 Å². The summed E-state index contributed by atoms with van der Waals surface area (Å²) in [5.74, 6) is -5.93. The zero-order valence-electron chi connectivity index (χ0n) is 24.0. The largest absolute Gasteiger partial charge is 0.497 e. The fraction of sp³-hybridized carbons (Fsp3) is 0.467. The lowest BCUT2D eigenvalue weighted by molar-refractivity contribution is -0.384. The van der Waals surface area contributed by atoms with E-state index in [2.05, 4.69) is 5.32 Å². The van der Waals surface area contributed by atoms with Crippen LogP contribution in [0.1, 0.15) is 60.5 Å². The van der Waals surface area contributed by atoms with Crippen molar-refractivity contribution in [2.45, 2.75) is 50.1 Å². The van der Waals surface area contributed by atoms with Gasteiger partial charge in [-0.15, -0.1) is 0 Å². The highest BCUT2D eigenvalue weighted by Gasteiger charge is 2.69. The average Bonchev–Trinajstić information content (AvgIpc) is 3.49. The number of nitrogens with one attached hydrogen (secondary N) is 1. The maximum absolute atomic E-state index is 14.2. The van der Waals surface area contributed by atoms with Crippen LogP contribution in [-0.4, -0.2) is 60.7 Å². The van der Waals surface area contributed by atoms with Crippen LogP contribution in [0.3, 0.4) is 0 Å². The van der Waals surface area contributed by atoms with Crippen LogP contribution in [0.25, 0.3) is 0 Å². The maximum atomic E-state index is 14.2. The number of anilines is 1. The Morgan fingerprint density at radius 1 is 1.07 bits per heavy atom. The van der Waals surface area contributed by atoms with E-state index in [0.717, 1.165) is 43.1 Å². The van der Waals surface area contributed by atoms with E-state index in [1.807, 2.05) is 0 Å². The molecule has 2 N–H and O–H groups in total. The molecule has 1 saturated carbocycles. The van der Waals surface area contributed by atoms with Crippen molar-refractivity contribution in [3.63, 3.8) is 0 Å². The summed E-state index contributed by atoms with van der Waals surface area (Å²) in [6.45, 7) is 0. The van der Waals surface area contributed by atoms with Crippen LogP contribution in [0.4, 0.5) is 11.4 Å². The van der Waals surface area contributed by atoms with Gasteiger partial charge in [-0.2, -0.15) is 0 Å². The zero-order chi connectivity index (χ0) is 31.1. The molecule has 2 saturated heterocycles. The van der Waals surface area contributed by atoms with Gasteiger partial charge in [0.05, 0.1) is 43.8 Å². The SMILES string of the molecule is COC(=O)c1c(OC)cc(OC)cc1C1NC(CC2CCCCC2)(C(=O)O)C2C(=O)N(c3cccc([N+](=O)[O-])c3)C(=O)C12. The Bertz CT molecular complexity index is 1490. The van der Waals surface area contributed by atoms with E-state index in [9.17, 15) is 34.4 Å². The summed E-state index contributed by atoms with van der Waals surface area (Å²) in [5, 5.41) is 25.5. The average molecular weight is 596 g/mol. The quantitative estimate of drug-likeness (QED) is 0.187. The number of esters is 1. The Labute approximate surface area is 247 Å². The number of carboxylic acids is 1. The second-order valence-corrected chi connectivity index (χ2v) is 11.2. The molecule has 13 heteroatoms. The van der Waals surface area contributed by atoms with Gasteiger partial charge in [0.2, 0.25) is 11.8 Å². The molecule has 43 heavy (non-hydrogen) atoms.